The number of aromatic nitrogens is 4. The van der Waals surface area contributed by atoms with Crippen LogP contribution < -0.4 is 4.74 Å². The van der Waals surface area contributed by atoms with E-state index < -0.39 is 0 Å². The molecule has 2 aliphatic rings. The van der Waals surface area contributed by atoms with E-state index in [1.165, 1.54) is 6.07 Å². The van der Waals surface area contributed by atoms with E-state index in [1.807, 2.05) is 18.2 Å². The van der Waals surface area contributed by atoms with Gasteiger partial charge < -0.3 is 18.9 Å². The number of pyridine rings is 2. The molecule has 2 saturated heterocycles. The SMILES string of the molecule is [C-]#[N+]c1cc2nc(CN3CCC(Oc4cccc(Cc5ccc(Cl)cc5F)n4)CC3)n(C3CCOCC3)c2cn1. The molecule has 40 heavy (non-hydrogen) atoms. The number of piperidine rings is 1. The average Bonchev–Trinajstić information content (AvgIpc) is 3.33. The van der Waals surface area contributed by atoms with Gasteiger partial charge in [0.2, 0.25) is 5.88 Å². The van der Waals surface area contributed by atoms with Crippen LogP contribution in [0.5, 0.6) is 5.88 Å². The van der Waals surface area contributed by atoms with Crippen LogP contribution in [0.2, 0.25) is 5.02 Å². The summed E-state index contributed by atoms with van der Waals surface area (Å²) in [6.07, 6.45) is 5.85. The molecule has 2 aliphatic heterocycles. The molecule has 0 bridgehead atoms. The summed E-state index contributed by atoms with van der Waals surface area (Å²) < 4.78 is 28.4. The van der Waals surface area contributed by atoms with Gasteiger partial charge in [0.15, 0.2) is 0 Å². The minimum absolute atomic E-state index is 0.0611. The van der Waals surface area contributed by atoms with E-state index >= 15 is 0 Å². The van der Waals surface area contributed by atoms with E-state index in [-0.39, 0.29) is 11.9 Å². The number of likely N-dealkylation sites (tertiary alicyclic amines) is 1. The van der Waals surface area contributed by atoms with Crippen molar-refractivity contribution in [3.05, 3.63) is 88.0 Å². The first-order valence-corrected chi connectivity index (χ1v) is 14.0. The molecule has 0 unspecified atom stereocenters. The molecule has 0 radical (unpaired) electrons. The quantitative estimate of drug-likeness (QED) is 0.252. The first kappa shape index (κ1) is 26.6. The van der Waals surface area contributed by atoms with Crippen LogP contribution in [0.3, 0.4) is 0 Å². The summed E-state index contributed by atoms with van der Waals surface area (Å²) in [6, 6.07) is 12.4. The predicted molar refractivity (Wildman–Crippen MR) is 150 cm³/mol. The molecule has 0 atom stereocenters. The summed E-state index contributed by atoms with van der Waals surface area (Å²) in [6.45, 7) is 11.3. The normalized spacial score (nSPS) is 17.2. The van der Waals surface area contributed by atoms with Gasteiger partial charge in [-0.3, -0.25) is 4.90 Å². The fourth-order valence-corrected chi connectivity index (χ4v) is 5.75. The van der Waals surface area contributed by atoms with Gasteiger partial charge in [0.05, 0.1) is 12.1 Å². The van der Waals surface area contributed by atoms with Crippen molar-refractivity contribution >= 4 is 28.5 Å². The molecule has 2 fully saturated rings. The Hall–Kier alpha value is -3.58. The molecule has 8 nitrogen and oxygen atoms in total. The highest BCUT2D eigenvalue weighted by molar-refractivity contribution is 6.30. The largest absolute Gasteiger partial charge is 0.474 e. The Balaban J connectivity index is 1.10. The summed E-state index contributed by atoms with van der Waals surface area (Å²) in [5.74, 6) is 1.61. The molecule has 6 rings (SSSR count). The number of hydrogen-bond donors (Lipinski definition) is 0. The van der Waals surface area contributed by atoms with Crippen LogP contribution in [0, 0.1) is 12.4 Å². The minimum Gasteiger partial charge on any atom is -0.474 e. The van der Waals surface area contributed by atoms with Gasteiger partial charge in [-0.05, 0) is 55.5 Å². The number of nitrogens with zero attached hydrogens (tertiary/aromatic N) is 6. The lowest BCUT2D eigenvalue weighted by atomic mass is 10.1. The molecule has 206 valence electrons. The first-order chi connectivity index (χ1) is 19.6. The van der Waals surface area contributed by atoms with Gasteiger partial charge >= 0.3 is 0 Å². The van der Waals surface area contributed by atoms with Crippen LogP contribution in [-0.4, -0.2) is 56.8 Å². The summed E-state index contributed by atoms with van der Waals surface area (Å²) in [5.41, 5.74) is 3.11. The van der Waals surface area contributed by atoms with E-state index in [0.29, 0.717) is 34.7 Å². The molecule has 0 amide bonds. The maximum Gasteiger partial charge on any atom is 0.271 e. The van der Waals surface area contributed by atoms with Crippen LogP contribution in [0.25, 0.3) is 15.9 Å². The van der Waals surface area contributed by atoms with Gasteiger partial charge in [-0.15, -0.1) is 4.98 Å². The van der Waals surface area contributed by atoms with Gasteiger partial charge in [-0.2, -0.15) is 0 Å². The Morgan fingerprint density at radius 1 is 1.07 bits per heavy atom. The lowest BCUT2D eigenvalue weighted by Gasteiger charge is -2.32. The zero-order valence-corrected chi connectivity index (χ0v) is 22.9. The number of halogens is 2. The van der Waals surface area contributed by atoms with Crippen LogP contribution in [-0.2, 0) is 17.7 Å². The Bertz CT molecular complexity index is 1540. The van der Waals surface area contributed by atoms with E-state index in [4.69, 9.17) is 32.6 Å². The fourth-order valence-electron chi connectivity index (χ4n) is 5.60. The van der Waals surface area contributed by atoms with Crippen molar-refractivity contribution < 1.29 is 13.9 Å². The third-order valence-corrected chi connectivity index (χ3v) is 7.90. The van der Waals surface area contributed by atoms with Gasteiger partial charge in [0, 0.05) is 55.5 Å². The summed E-state index contributed by atoms with van der Waals surface area (Å²) in [7, 11) is 0. The molecular formula is C30H30ClFN6O2. The van der Waals surface area contributed by atoms with E-state index in [0.717, 1.165) is 81.1 Å². The van der Waals surface area contributed by atoms with Gasteiger partial charge in [0.1, 0.15) is 29.5 Å². The monoisotopic (exact) mass is 560 g/mol. The molecule has 4 aromatic rings. The topological polar surface area (TPSA) is 69.7 Å². The molecule has 0 aliphatic carbocycles. The Labute approximate surface area is 237 Å². The third kappa shape index (κ3) is 5.94. The molecular weight excluding hydrogens is 531 g/mol. The second kappa shape index (κ2) is 11.9. The average molecular weight is 561 g/mol. The molecule has 0 saturated carbocycles. The molecule has 10 heteroatoms. The number of hydrogen-bond acceptors (Lipinski definition) is 6. The number of ether oxygens (including phenoxy) is 2. The lowest BCUT2D eigenvalue weighted by molar-refractivity contribution is 0.0670. The first-order valence-electron chi connectivity index (χ1n) is 13.7. The molecule has 3 aromatic heterocycles. The second-order valence-corrected chi connectivity index (χ2v) is 10.8. The summed E-state index contributed by atoms with van der Waals surface area (Å²) in [4.78, 5) is 19.8. The number of fused-ring (bicyclic) bond motifs is 1. The van der Waals surface area contributed by atoms with Crippen molar-refractivity contribution in [2.45, 2.75) is 50.8 Å². The maximum absolute atomic E-state index is 14.3. The molecule has 0 N–H and O–H groups in total. The maximum atomic E-state index is 14.3. The zero-order chi connectivity index (χ0) is 27.5. The summed E-state index contributed by atoms with van der Waals surface area (Å²) in [5, 5.41) is 0.379. The predicted octanol–water partition coefficient (Wildman–Crippen LogP) is 6.16. The molecule has 5 heterocycles. The molecule has 0 spiro atoms. The second-order valence-electron chi connectivity index (χ2n) is 10.4. The van der Waals surface area contributed by atoms with Gasteiger partial charge in [-0.25, -0.2) is 14.4 Å². The van der Waals surface area contributed by atoms with Crippen molar-refractivity contribution in [2.24, 2.45) is 0 Å². The van der Waals surface area contributed by atoms with Gasteiger partial charge in [-0.1, -0.05) is 30.3 Å². The third-order valence-electron chi connectivity index (χ3n) is 7.66. The number of imidazole rings is 1. The highest BCUT2D eigenvalue weighted by atomic mass is 35.5. The van der Waals surface area contributed by atoms with Crippen molar-refractivity contribution in [3.63, 3.8) is 0 Å². The van der Waals surface area contributed by atoms with E-state index in [2.05, 4.69) is 24.3 Å². The minimum atomic E-state index is -0.332. The molecule has 1 aromatic carbocycles. The van der Waals surface area contributed by atoms with Crippen molar-refractivity contribution in [1.82, 2.24) is 24.4 Å². The van der Waals surface area contributed by atoms with E-state index in [1.54, 1.807) is 24.4 Å². The standard InChI is InChI=1S/C30H30ClFN6O2/c1-33-28-17-26-27(18-34-28)38(23-9-13-39-14-10-23)29(36-26)19-37-11-7-24(8-12-37)40-30-4-2-3-22(35-30)15-20-5-6-21(31)16-25(20)32/h2-6,16-18,23-24H,7-15,19H2. The highest BCUT2D eigenvalue weighted by Gasteiger charge is 2.26. The fraction of sp³-hybridized carbons (Fsp3) is 0.400. The van der Waals surface area contributed by atoms with Crippen molar-refractivity contribution in [2.75, 3.05) is 26.3 Å². The van der Waals surface area contributed by atoms with Crippen LogP contribution >= 0.6 is 11.6 Å². The summed E-state index contributed by atoms with van der Waals surface area (Å²) >= 11 is 5.88. The Morgan fingerprint density at radius 3 is 2.67 bits per heavy atom. The van der Waals surface area contributed by atoms with Crippen molar-refractivity contribution in [1.29, 1.82) is 0 Å². The highest BCUT2D eigenvalue weighted by Crippen LogP contribution is 2.30. The Kier molecular flexibility index (Phi) is 7.91. The van der Waals surface area contributed by atoms with Crippen molar-refractivity contribution in [3.8, 4) is 5.88 Å². The number of rotatable bonds is 7. The number of benzene rings is 1. The van der Waals surface area contributed by atoms with Crippen LogP contribution in [0.1, 0.15) is 48.8 Å². The zero-order valence-electron chi connectivity index (χ0n) is 22.1. The smallest absolute Gasteiger partial charge is 0.271 e. The lowest BCUT2D eigenvalue weighted by Crippen LogP contribution is -2.38. The van der Waals surface area contributed by atoms with Crippen LogP contribution in [0.15, 0.2) is 48.7 Å². The van der Waals surface area contributed by atoms with E-state index in [9.17, 15) is 4.39 Å². The van der Waals surface area contributed by atoms with Crippen LogP contribution in [0.4, 0.5) is 10.2 Å². The van der Waals surface area contributed by atoms with Gasteiger partial charge in [0.25, 0.3) is 5.82 Å². The Morgan fingerprint density at radius 2 is 1.90 bits per heavy atom.